The summed E-state index contributed by atoms with van der Waals surface area (Å²) in [4.78, 5) is 12.3. The standard InChI is InChI=1S/C15H9BrN2O/c16-11-5-3-4-10(8-11)15(9-17)12-6-1-2-7-13(12)18-14(15)19/h1-8H,(H,18,19)/t15-/m0/s1. The Bertz CT molecular complexity index is 720. The van der Waals surface area contributed by atoms with Crippen molar-refractivity contribution in [2.75, 3.05) is 5.32 Å². The molecule has 1 N–H and O–H groups in total. The number of nitrogens with zero attached hydrogens (tertiary/aromatic N) is 1. The average molecular weight is 313 g/mol. The molecule has 1 amide bonds. The number of carbonyl (C=O) groups is 1. The van der Waals surface area contributed by atoms with Crippen LogP contribution in [0.15, 0.2) is 53.0 Å². The summed E-state index contributed by atoms with van der Waals surface area (Å²) < 4.78 is 0.844. The third-order valence-corrected chi connectivity index (χ3v) is 3.84. The maximum Gasteiger partial charge on any atom is 0.254 e. The number of rotatable bonds is 1. The molecule has 0 aromatic heterocycles. The Kier molecular flexibility index (Phi) is 2.65. The van der Waals surface area contributed by atoms with Crippen LogP contribution in [0.3, 0.4) is 0 Å². The molecule has 0 spiro atoms. The predicted octanol–water partition coefficient (Wildman–Crippen LogP) is 3.21. The van der Waals surface area contributed by atoms with Gasteiger partial charge in [-0.15, -0.1) is 0 Å². The second-order valence-corrected chi connectivity index (χ2v) is 5.29. The Morgan fingerprint density at radius 3 is 2.68 bits per heavy atom. The minimum absolute atomic E-state index is 0.297. The van der Waals surface area contributed by atoms with Gasteiger partial charge in [-0.25, -0.2) is 0 Å². The Morgan fingerprint density at radius 1 is 1.16 bits per heavy atom. The number of carbonyl (C=O) groups excluding carboxylic acids is 1. The van der Waals surface area contributed by atoms with E-state index in [1.54, 1.807) is 6.07 Å². The highest BCUT2D eigenvalue weighted by molar-refractivity contribution is 9.10. The number of amides is 1. The van der Waals surface area contributed by atoms with Crippen LogP contribution in [-0.4, -0.2) is 5.91 Å². The fourth-order valence-corrected chi connectivity index (χ4v) is 2.84. The zero-order valence-electron chi connectivity index (χ0n) is 9.85. The van der Waals surface area contributed by atoms with Gasteiger partial charge >= 0.3 is 0 Å². The summed E-state index contributed by atoms with van der Waals surface area (Å²) >= 11 is 3.38. The third-order valence-electron chi connectivity index (χ3n) is 3.35. The van der Waals surface area contributed by atoms with E-state index in [-0.39, 0.29) is 5.91 Å². The first kappa shape index (κ1) is 11.9. The van der Waals surface area contributed by atoms with E-state index in [0.29, 0.717) is 16.8 Å². The quantitative estimate of drug-likeness (QED) is 0.879. The highest BCUT2D eigenvalue weighted by Crippen LogP contribution is 2.42. The molecule has 1 aliphatic rings. The lowest BCUT2D eigenvalue weighted by Crippen LogP contribution is -2.34. The molecule has 2 aromatic carbocycles. The van der Waals surface area contributed by atoms with E-state index in [2.05, 4.69) is 27.3 Å². The molecule has 1 aliphatic heterocycles. The highest BCUT2D eigenvalue weighted by Gasteiger charge is 2.48. The minimum atomic E-state index is -1.26. The molecule has 2 aromatic rings. The summed E-state index contributed by atoms with van der Waals surface area (Å²) in [6, 6.07) is 16.8. The van der Waals surface area contributed by atoms with Gasteiger partial charge < -0.3 is 5.32 Å². The van der Waals surface area contributed by atoms with Crippen LogP contribution in [0.1, 0.15) is 11.1 Å². The molecule has 0 radical (unpaired) electrons. The molecule has 0 unspecified atom stereocenters. The summed E-state index contributed by atoms with van der Waals surface area (Å²) in [5.41, 5.74) is 0.821. The van der Waals surface area contributed by atoms with Gasteiger partial charge in [0.25, 0.3) is 5.91 Å². The first-order valence-corrected chi connectivity index (χ1v) is 6.56. The van der Waals surface area contributed by atoms with Crippen LogP contribution < -0.4 is 5.32 Å². The zero-order valence-corrected chi connectivity index (χ0v) is 11.4. The van der Waals surface area contributed by atoms with Gasteiger partial charge in [-0.3, -0.25) is 4.79 Å². The van der Waals surface area contributed by atoms with Gasteiger partial charge in [0.15, 0.2) is 5.41 Å². The van der Waals surface area contributed by atoms with E-state index in [1.807, 2.05) is 42.5 Å². The molecule has 0 aliphatic carbocycles. The van der Waals surface area contributed by atoms with Gasteiger partial charge in [0.2, 0.25) is 0 Å². The number of anilines is 1. The van der Waals surface area contributed by atoms with Crippen molar-refractivity contribution in [2.24, 2.45) is 0 Å². The number of nitrogens with one attached hydrogen (secondary N) is 1. The second kappa shape index (κ2) is 4.22. The summed E-state index contributed by atoms with van der Waals surface area (Å²) in [6.45, 7) is 0. The van der Waals surface area contributed by atoms with Crippen LogP contribution in [-0.2, 0) is 10.2 Å². The maximum absolute atomic E-state index is 12.3. The van der Waals surface area contributed by atoms with Gasteiger partial charge in [0.1, 0.15) is 0 Å². The Morgan fingerprint density at radius 2 is 1.95 bits per heavy atom. The molecular formula is C15H9BrN2O. The lowest BCUT2D eigenvalue weighted by atomic mass is 9.77. The molecule has 3 nitrogen and oxygen atoms in total. The van der Waals surface area contributed by atoms with Crippen molar-refractivity contribution in [1.82, 2.24) is 0 Å². The van der Waals surface area contributed by atoms with Crippen molar-refractivity contribution in [3.05, 3.63) is 64.1 Å². The predicted molar refractivity (Wildman–Crippen MR) is 75.6 cm³/mol. The van der Waals surface area contributed by atoms with E-state index in [0.717, 1.165) is 4.47 Å². The van der Waals surface area contributed by atoms with Gasteiger partial charge in [0, 0.05) is 15.7 Å². The van der Waals surface area contributed by atoms with Crippen molar-refractivity contribution >= 4 is 27.5 Å². The van der Waals surface area contributed by atoms with Crippen molar-refractivity contribution in [2.45, 2.75) is 5.41 Å². The Balaban J connectivity index is 2.31. The SMILES string of the molecule is N#C[C@@]1(c2cccc(Br)c2)C(=O)Nc2ccccc21. The summed E-state index contributed by atoms with van der Waals surface area (Å²) in [6.07, 6.45) is 0. The molecule has 92 valence electrons. The summed E-state index contributed by atoms with van der Waals surface area (Å²) in [7, 11) is 0. The third kappa shape index (κ3) is 1.59. The van der Waals surface area contributed by atoms with Crippen LogP contribution in [0.4, 0.5) is 5.69 Å². The smallest absolute Gasteiger partial charge is 0.254 e. The molecule has 0 bridgehead atoms. The molecule has 0 saturated carbocycles. The lowest BCUT2D eigenvalue weighted by Gasteiger charge is -2.19. The van der Waals surface area contributed by atoms with Crippen molar-refractivity contribution in [3.8, 4) is 6.07 Å². The first-order valence-electron chi connectivity index (χ1n) is 5.77. The van der Waals surface area contributed by atoms with Crippen molar-refractivity contribution < 1.29 is 4.79 Å². The van der Waals surface area contributed by atoms with E-state index < -0.39 is 5.41 Å². The lowest BCUT2D eigenvalue weighted by molar-refractivity contribution is -0.118. The Hall–Kier alpha value is -2.12. The number of fused-ring (bicyclic) bond motifs is 1. The number of hydrogen-bond acceptors (Lipinski definition) is 2. The molecule has 4 heteroatoms. The van der Waals surface area contributed by atoms with Crippen LogP contribution in [0.2, 0.25) is 0 Å². The summed E-state index contributed by atoms with van der Waals surface area (Å²) in [5.74, 6) is -0.297. The molecule has 0 fully saturated rings. The topological polar surface area (TPSA) is 52.9 Å². The van der Waals surface area contributed by atoms with Crippen LogP contribution >= 0.6 is 15.9 Å². The largest absolute Gasteiger partial charge is 0.324 e. The fraction of sp³-hybridized carbons (Fsp3) is 0.0667. The average Bonchev–Trinajstić information content (AvgIpc) is 2.71. The molecular weight excluding hydrogens is 304 g/mol. The fourth-order valence-electron chi connectivity index (χ4n) is 2.44. The molecule has 1 atom stereocenters. The highest BCUT2D eigenvalue weighted by atomic mass is 79.9. The first-order chi connectivity index (χ1) is 9.18. The van der Waals surface area contributed by atoms with Crippen molar-refractivity contribution in [1.29, 1.82) is 5.26 Å². The van der Waals surface area contributed by atoms with Crippen LogP contribution in [0.25, 0.3) is 0 Å². The second-order valence-electron chi connectivity index (χ2n) is 4.37. The molecule has 19 heavy (non-hydrogen) atoms. The van der Waals surface area contributed by atoms with E-state index in [9.17, 15) is 10.1 Å². The van der Waals surface area contributed by atoms with Gasteiger partial charge in [-0.1, -0.05) is 46.3 Å². The number of nitriles is 1. The van der Waals surface area contributed by atoms with Crippen LogP contribution in [0, 0.1) is 11.3 Å². The normalized spacial score (nSPS) is 20.5. The maximum atomic E-state index is 12.3. The molecule has 3 rings (SSSR count). The monoisotopic (exact) mass is 312 g/mol. The molecule has 1 heterocycles. The Labute approximate surface area is 119 Å². The van der Waals surface area contributed by atoms with E-state index >= 15 is 0 Å². The summed E-state index contributed by atoms with van der Waals surface area (Å²) in [5, 5.41) is 12.4. The van der Waals surface area contributed by atoms with Gasteiger partial charge in [0.05, 0.1) is 6.07 Å². The van der Waals surface area contributed by atoms with Gasteiger partial charge in [-0.05, 0) is 23.8 Å². The molecule has 0 saturated heterocycles. The number of para-hydroxylation sites is 1. The van der Waals surface area contributed by atoms with Crippen LogP contribution in [0.5, 0.6) is 0 Å². The van der Waals surface area contributed by atoms with E-state index in [1.165, 1.54) is 0 Å². The zero-order chi connectivity index (χ0) is 13.5. The minimum Gasteiger partial charge on any atom is -0.324 e. The van der Waals surface area contributed by atoms with Crippen molar-refractivity contribution in [3.63, 3.8) is 0 Å². The van der Waals surface area contributed by atoms with Gasteiger partial charge in [-0.2, -0.15) is 5.26 Å². The number of benzene rings is 2. The number of hydrogen-bond donors (Lipinski definition) is 1. The van der Waals surface area contributed by atoms with E-state index in [4.69, 9.17) is 0 Å². The number of halogens is 1.